The van der Waals surface area contributed by atoms with Gasteiger partial charge in [0.15, 0.2) is 5.70 Å². The van der Waals surface area contributed by atoms with E-state index < -0.39 is 16.3 Å². The molecule has 0 atom stereocenters. The van der Waals surface area contributed by atoms with Crippen LogP contribution in [0.3, 0.4) is 0 Å². The lowest BCUT2D eigenvalue weighted by Gasteiger charge is -2.15. The number of nitro groups is 1. The first-order chi connectivity index (χ1) is 9.29. The number of nitrogens with zero attached hydrogens (tertiary/aromatic N) is 2. The standard InChI is InChI=1S/C14H14N2O4/c1-14(2,3)13-15-10(12(17)20-13)8-9-6-4-5-7-11(9)16(18)19/h4-8H,1-3H3. The van der Waals surface area contributed by atoms with Gasteiger partial charge in [-0.3, -0.25) is 10.1 Å². The Morgan fingerprint density at radius 3 is 2.50 bits per heavy atom. The summed E-state index contributed by atoms with van der Waals surface area (Å²) < 4.78 is 5.08. The lowest BCUT2D eigenvalue weighted by Crippen LogP contribution is -2.21. The van der Waals surface area contributed by atoms with Crippen LogP contribution in [-0.4, -0.2) is 16.8 Å². The Hall–Kier alpha value is -2.50. The first-order valence-electron chi connectivity index (χ1n) is 6.05. The molecule has 20 heavy (non-hydrogen) atoms. The monoisotopic (exact) mass is 274 g/mol. The fraction of sp³-hybridized carbons (Fsp3) is 0.286. The molecule has 0 saturated heterocycles. The van der Waals surface area contributed by atoms with Gasteiger partial charge in [0.25, 0.3) is 5.69 Å². The van der Waals surface area contributed by atoms with Gasteiger partial charge in [0, 0.05) is 11.5 Å². The number of cyclic esters (lactones) is 1. The fourth-order valence-corrected chi connectivity index (χ4v) is 1.65. The van der Waals surface area contributed by atoms with Crippen LogP contribution < -0.4 is 0 Å². The predicted molar refractivity (Wildman–Crippen MR) is 74.1 cm³/mol. The first kappa shape index (κ1) is 13.9. The molecule has 1 aliphatic rings. The van der Waals surface area contributed by atoms with Crippen molar-refractivity contribution in [1.82, 2.24) is 0 Å². The van der Waals surface area contributed by atoms with Crippen molar-refractivity contribution in [3.63, 3.8) is 0 Å². The van der Waals surface area contributed by atoms with Crippen LogP contribution >= 0.6 is 0 Å². The van der Waals surface area contributed by atoms with E-state index in [0.29, 0.717) is 11.5 Å². The molecule has 1 heterocycles. The Balaban J connectivity index is 2.44. The molecule has 2 rings (SSSR count). The van der Waals surface area contributed by atoms with E-state index in [1.54, 1.807) is 18.2 Å². The number of rotatable bonds is 2. The summed E-state index contributed by atoms with van der Waals surface area (Å²) in [7, 11) is 0. The highest BCUT2D eigenvalue weighted by molar-refractivity contribution is 6.08. The fourth-order valence-electron chi connectivity index (χ4n) is 1.65. The van der Waals surface area contributed by atoms with Crippen LogP contribution in [0, 0.1) is 15.5 Å². The molecule has 0 bridgehead atoms. The van der Waals surface area contributed by atoms with Gasteiger partial charge in [0.05, 0.1) is 10.5 Å². The summed E-state index contributed by atoms with van der Waals surface area (Å²) in [5.41, 5.74) is -0.0757. The SMILES string of the molecule is CC(C)(C)C1=NC(=Cc2ccccc2[N+](=O)[O-])C(=O)O1. The minimum atomic E-state index is -0.590. The third kappa shape index (κ3) is 2.74. The normalized spacial score (nSPS) is 17.1. The lowest BCUT2D eigenvalue weighted by molar-refractivity contribution is -0.385. The average molecular weight is 274 g/mol. The van der Waals surface area contributed by atoms with Crippen LogP contribution in [0.25, 0.3) is 6.08 Å². The smallest absolute Gasteiger partial charge is 0.363 e. The topological polar surface area (TPSA) is 81.8 Å². The maximum Gasteiger partial charge on any atom is 0.363 e. The minimum Gasteiger partial charge on any atom is -0.406 e. The molecule has 6 nitrogen and oxygen atoms in total. The van der Waals surface area contributed by atoms with E-state index in [2.05, 4.69) is 4.99 Å². The van der Waals surface area contributed by atoms with E-state index in [0.717, 1.165) is 0 Å². The molecule has 0 saturated carbocycles. The Labute approximate surface area is 115 Å². The highest BCUT2D eigenvalue weighted by Crippen LogP contribution is 2.27. The molecule has 6 heteroatoms. The quantitative estimate of drug-likeness (QED) is 0.359. The van der Waals surface area contributed by atoms with Crippen molar-refractivity contribution in [3.05, 3.63) is 45.6 Å². The third-order valence-corrected chi connectivity index (χ3v) is 2.69. The van der Waals surface area contributed by atoms with Crippen molar-refractivity contribution in [2.75, 3.05) is 0 Å². The molecule has 0 spiro atoms. The predicted octanol–water partition coefficient (Wildman–Crippen LogP) is 2.94. The summed E-state index contributed by atoms with van der Waals surface area (Å²) in [5.74, 6) is -0.277. The van der Waals surface area contributed by atoms with Crippen molar-refractivity contribution in [3.8, 4) is 0 Å². The Morgan fingerprint density at radius 1 is 1.30 bits per heavy atom. The van der Waals surface area contributed by atoms with Crippen LogP contribution in [0.2, 0.25) is 0 Å². The summed E-state index contributed by atoms with van der Waals surface area (Å²) in [6.45, 7) is 5.60. The zero-order valence-corrected chi connectivity index (χ0v) is 11.4. The van der Waals surface area contributed by atoms with E-state index in [1.807, 2.05) is 20.8 Å². The van der Waals surface area contributed by atoms with Gasteiger partial charge < -0.3 is 4.74 Å². The molecule has 1 aromatic carbocycles. The number of para-hydroxylation sites is 1. The minimum absolute atomic E-state index is 0.0734. The van der Waals surface area contributed by atoms with Gasteiger partial charge in [-0.25, -0.2) is 9.79 Å². The maximum atomic E-state index is 11.7. The molecule has 0 radical (unpaired) electrons. The van der Waals surface area contributed by atoms with Gasteiger partial charge in [0.2, 0.25) is 5.90 Å². The molecule has 0 unspecified atom stereocenters. The van der Waals surface area contributed by atoms with E-state index in [9.17, 15) is 14.9 Å². The zero-order chi connectivity index (χ0) is 14.9. The number of ether oxygens (including phenoxy) is 1. The van der Waals surface area contributed by atoms with E-state index in [1.165, 1.54) is 12.1 Å². The number of hydrogen-bond acceptors (Lipinski definition) is 5. The summed E-state index contributed by atoms with van der Waals surface area (Å²) in [5, 5.41) is 10.9. The van der Waals surface area contributed by atoms with Gasteiger partial charge in [-0.2, -0.15) is 0 Å². The van der Waals surface area contributed by atoms with E-state index >= 15 is 0 Å². The molecule has 0 aliphatic carbocycles. The van der Waals surface area contributed by atoms with Crippen molar-refractivity contribution in [1.29, 1.82) is 0 Å². The average Bonchev–Trinajstić information content (AvgIpc) is 2.71. The zero-order valence-electron chi connectivity index (χ0n) is 11.4. The summed E-state index contributed by atoms with van der Waals surface area (Å²) in [6.07, 6.45) is 1.37. The molecule has 104 valence electrons. The molecule has 0 amide bonds. The van der Waals surface area contributed by atoms with Gasteiger partial charge in [-0.15, -0.1) is 0 Å². The van der Waals surface area contributed by atoms with Crippen molar-refractivity contribution in [2.45, 2.75) is 20.8 Å². The van der Waals surface area contributed by atoms with E-state index in [-0.39, 0.29) is 11.4 Å². The molecule has 0 fully saturated rings. The third-order valence-electron chi connectivity index (χ3n) is 2.69. The summed E-state index contributed by atoms with van der Waals surface area (Å²) >= 11 is 0. The highest BCUT2D eigenvalue weighted by Gasteiger charge is 2.31. The summed E-state index contributed by atoms with van der Waals surface area (Å²) in [4.78, 5) is 26.3. The largest absolute Gasteiger partial charge is 0.406 e. The molecular formula is C14H14N2O4. The first-order valence-corrected chi connectivity index (χ1v) is 6.05. The van der Waals surface area contributed by atoms with Crippen LogP contribution in [0.1, 0.15) is 26.3 Å². The summed E-state index contributed by atoms with van der Waals surface area (Å²) in [6, 6.07) is 6.16. The van der Waals surface area contributed by atoms with Crippen LogP contribution in [-0.2, 0) is 9.53 Å². The van der Waals surface area contributed by atoms with Crippen molar-refractivity contribution in [2.24, 2.45) is 10.4 Å². The highest BCUT2D eigenvalue weighted by atomic mass is 16.6. The number of carbonyl (C=O) groups excluding carboxylic acids is 1. The number of aliphatic imine (C=N–C) groups is 1. The van der Waals surface area contributed by atoms with Gasteiger partial charge in [-0.1, -0.05) is 32.9 Å². The number of esters is 1. The maximum absolute atomic E-state index is 11.7. The van der Waals surface area contributed by atoms with Crippen molar-refractivity contribution >= 4 is 23.6 Å². The van der Waals surface area contributed by atoms with Gasteiger partial charge in [0.1, 0.15) is 0 Å². The van der Waals surface area contributed by atoms with Crippen LogP contribution in [0.4, 0.5) is 5.69 Å². The number of benzene rings is 1. The Bertz CT molecular complexity index is 639. The molecule has 0 aromatic heterocycles. The lowest BCUT2D eigenvalue weighted by atomic mass is 9.97. The number of hydrogen-bond donors (Lipinski definition) is 0. The van der Waals surface area contributed by atoms with Crippen LogP contribution in [0.5, 0.6) is 0 Å². The molecule has 0 N–H and O–H groups in total. The number of nitro benzene ring substituents is 1. The van der Waals surface area contributed by atoms with Gasteiger partial charge >= 0.3 is 5.97 Å². The van der Waals surface area contributed by atoms with Gasteiger partial charge in [-0.05, 0) is 12.1 Å². The second-order valence-electron chi connectivity index (χ2n) is 5.40. The van der Waals surface area contributed by atoms with Crippen molar-refractivity contribution < 1.29 is 14.5 Å². The number of carbonyl (C=O) groups is 1. The van der Waals surface area contributed by atoms with E-state index in [4.69, 9.17) is 4.74 Å². The molecule has 1 aromatic rings. The Kier molecular flexibility index (Phi) is 3.40. The molecular weight excluding hydrogens is 260 g/mol. The van der Waals surface area contributed by atoms with Crippen LogP contribution in [0.15, 0.2) is 35.0 Å². The molecule has 1 aliphatic heterocycles. The Morgan fingerprint density at radius 2 is 1.95 bits per heavy atom. The second-order valence-corrected chi connectivity index (χ2v) is 5.40. The second kappa shape index (κ2) is 4.88.